The lowest BCUT2D eigenvalue weighted by molar-refractivity contribution is 0.356. The molecule has 1 atom stereocenters. The van der Waals surface area contributed by atoms with Gasteiger partial charge in [-0.15, -0.1) is 0 Å². The highest BCUT2D eigenvalue weighted by atomic mass is 16.1. The molecule has 0 bridgehead atoms. The topological polar surface area (TPSA) is 63.6 Å². The van der Waals surface area contributed by atoms with Crippen molar-refractivity contribution in [2.45, 2.75) is 25.3 Å². The van der Waals surface area contributed by atoms with Gasteiger partial charge in [-0.2, -0.15) is 0 Å². The first-order valence-corrected chi connectivity index (χ1v) is 6.03. The fraction of sp³-hybridized carbons (Fsp3) is 0.308. The quantitative estimate of drug-likeness (QED) is 0.872. The van der Waals surface area contributed by atoms with E-state index in [1.54, 1.807) is 17.0 Å². The number of hydrogen-bond acceptors (Lipinski definition) is 3. The molecule has 1 aliphatic carbocycles. The Morgan fingerprint density at radius 2 is 2.22 bits per heavy atom. The van der Waals surface area contributed by atoms with E-state index >= 15 is 0 Å². The summed E-state index contributed by atoms with van der Waals surface area (Å²) in [5.74, 6) is 0. The molecule has 1 aliphatic rings. The highest BCUT2D eigenvalue weighted by molar-refractivity contribution is 5.65. The van der Waals surface area contributed by atoms with E-state index in [9.17, 15) is 4.79 Å². The third kappa shape index (κ3) is 1.44. The van der Waals surface area contributed by atoms with Crippen LogP contribution in [0.2, 0.25) is 0 Å². The average Bonchev–Trinajstić information content (AvgIpc) is 2.76. The molecule has 5 heteroatoms. The highest BCUT2D eigenvalue weighted by Gasteiger charge is 2.31. The van der Waals surface area contributed by atoms with Crippen molar-refractivity contribution in [1.82, 2.24) is 19.5 Å². The van der Waals surface area contributed by atoms with Gasteiger partial charge in [0.05, 0.1) is 5.54 Å². The average molecular weight is 242 g/mol. The van der Waals surface area contributed by atoms with Gasteiger partial charge in [0.2, 0.25) is 0 Å². The summed E-state index contributed by atoms with van der Waals surface area (Å²) in [5.41, 5.74) is 0.667. The van der Waals surface area contributed by atoms with Crippen molar-refractivity contribution in [2.24, 2.45) is 0 Å². The molecule has 0 aromatic carbocycles. The summed E-state index contributed by atoms with van der Waals surface area (Å²) >= 11 is 0. The van der Waals surface area contributed by atoms with Gasteiger partial charge in [0.1, 0.15) is 0 Å². The Morgan fingerprint density at radius 1 is 1.39 bits per heavy atom. The number of nitrogens with one attached hydrogen (secondary N) is 1. The zero-order chi connectivity index (χ0) is 12.6. The fourth-order valence-corrected chi connectivity index (χ4v) is 2.49. The minimum Gasteiger partial charge on any atom is -0.289 e. The van der Waals surface area contributed by atoms with Gasteiger partial charge in [0.15, 0.2) is 11.3 Å². The van der Waals surface area contributed by atoms with E-state index < -0.39 is 0 Å². The molecule has 0 spiro atoms. The molecule has 18 heavy (non-hydrogen) atoms. The van der Waals surface area contributed by atoms with Gasteiger partial charge in [-0.25, -0.2) is 14.8 Å². The number of aromatic amines is 1. The lowest BCUT2D eigenvalue weighted by Crippen LogP contribution is -2.38. The lowest BCUT2D eigenvalue weighted by Gasteiger charge is -2.31. The molecule has 0 aliphatic heterocycles. The Kier molecular flexibility index (Phi) is 2.40. The molecule has 5 nitrogen and oxygen atoms in total. The summed E-state index contributed by atoms with van der Waals surface area (Å²) in [7, 11) is 0. The van der Waals surface area contributed by atoms with E-state index in [0.29, 0.717) is 11.3 Å². The normalized spacial score (nSPS) is 22.7. The lowest BCUT2D eigenvalue weighted by atomic mass is 9.88. The van der Waals surface area contributed by atoms with Crippen molar-refractivity contribution < 1.29 is 0 Å². The first-order valence-electron chi connectivity index (χ1n) is 6.03. The molecule has 0 saturated heterocycles. The van der Waals surface area contributed by atoms with Crippen LogP contribution >= 0.6 is 0 Å². The van der Waals surface area contributed by atoms with E-state index in [4.69, 9.17) is 0 Å². The fourth-order valence-electron chi connectivity index (χ4n) is 2.49. The Bertz CT molecular complexity index is 694. The van der Waals surface area contributed by atoms with E-state index in [1.807, 2.05) is 12.2 Å². The van der Waals surface area contributed by atoms with Crippen molar-refractivity contribution in [2.75, 3.05) is 0 Å². The molecular formula is C13H14N4O. The molecular weight excluding hydrogens is 228 g/mol. The first-order chi connectivity index (χ1) is 8.77. The van der Waals surface area contributed by atoms with Gasteiger partial charge < -0.3 is 0 Å². The zero-order valence-electron chi connectivity index (χ0n) is 10.1. The second-order valence-electron chi connectivity index (χ2n) is 4.44. The molecule has 3 rings (SSSR count). The van der Waals surface area contributed by atoms with Gasteiger partial charge >= 0.3 is 5.69 Å². The summed E-state index contributed by atoms with van der Waals surface area (Å²) < 4.78 is 1.72. The summed E-state index contributed by atoms with van der Waals surface area (Å²) in [4.78, 5) is 23.4. The molecule has 0 amide bonds. The first kappa shape index (κ1) is 11.0. The molecule has 0 radical (unpaired) electrons. The standard InChI is InChI=1S/C13H14N4O/c1-2-13(6-4-3-5-7-13)17-11-10(16-12(17)18)14-8-9-15-11/h3-6,8-9H,2,7H2,1H3,(H,14,16,18)/t13-/m0/s1. The van der Waals surface area contributed by atoms with Crippen LogP contribution in [0.5, 0.6) is 0 Å². The Morgan fingerprint density at radius 3 is 2.94 bits per heavy atom. The molecule has 1 N–H and O–H groups in total. The highest BCUT2D eigenvalue weighted by Crippen LogP contribution is 2.30. The number of nitrogens with zero attached hydrogens (tertiary/aromatic N) is 3. The van der Waals surface area contributed by atoms with Gasteiger partial charge in [-0.3, -0.25) is 9.55 Å². The summed E-state index contributed by atoms with van der Waals surface area (Å²) in [6.07, 6.45) is 12.9. The SMILES string of the molecule is CC[C@]1(n2c(=O)[nH]c3nccnc32)C=CC=CC1. The van der Waals surface area contributed by atoms with Crippen LogP contribution in [-0.2, 0) is 5.54 Å². The largest absolute Gasteiger partial charge is 0.329 e. The van der Waals surface area contributed by atoms with Crippen molar-refractivity contribution in [3.05, 3.63) is 47.2 Å². The number of fused-ring (bicyclic) bond motifs is 1. The van der Waals surface area contributed by atoms with Gasteiger partial charge in [-0.1, -0.05) is 31.2 Å². The smallest absolute Gasteiger partial charge is 0.289 e. The maximum atomic E-state index is 12.2. The molecule has 0 unspecified atom stereocenters. The summed E-state index contributed by atoms with van der Waals surface area (Å²) in [5, 5.41) is 0. The maximum Gasteiger partial charge on any atom is 0.329 e. The van der Waals surface area contributed by atoms with E-state index in [2.05, 4.69) is 34.0 Å². The van der Waals surface area contributed by atoms with Crippen LogP contribution in [0.1, 0.15) is 19.8 Å². The molecule has 92 valence electrons. The number of aromatic nitrogens is 4. The minimum absolute atomic E-state index is 0.155. The second kappa shape index (κ2) is 3.94. The molecule has 0 fully saturated rings. The Hall–Kier alpha value is -2.17. The van der Waals surface area contributed by atoms with Crippen molar-refractivity contribution >= 4 is 11.3 Å². The Balaban J connectivity index is 2.31. The van der Waals surface area contributed by atoms with Crippen LogP contribution in [-0.4, -0.2) is 19.5 Å². The van der Waals surface area contributed by atoms with Gasteiger partial charge in [0.25, 0.3) is 0 Å². The number of H-pyrrole nitrogens is 1. The number of imidazole rings is 1. The predicted molar refractivity (Wildman–Crippen MR) is 69.3 cm³/mol. The minimum atomic E-state index is -0.333. The second-order valence-corrected chi connectivity index (χ2v) is 4.44. The third-order valence-electron chi connectivity index (χ3n) is 3.50. The van der Waals surface area contributed by atoms with Crippen LogP contribution in [0.4, 0.5) is 0 Å². The third-order valence-corrected chi connectivity index (χ3v) is 3.50. The van der Waals surface area contributed by atoms with Crippen LogP contribution in [0, 0.1) is 0 Å². The monoisotopic (exact) mass is 242 g/mol. The maximum absolute atomic E-state index is 12.2. The van der Waals surface area contributed by atoms with Crippen molar-refractivity contribution in [3.63, 3.8) is 0 Å². The summed E-state index contributed by atoms with van der Waals surface area (Å²) in [6, 6.07) is 0. The molecule has 0 saturated carbocycles. The number of allylic oxidation sites excluding steroid dienone is 4. The van der Waals surface area contributed by atoms with E-state index in [-0.39, 0.29) is 11.2 Å². The van der Waals surface area contributed by atoms with Crippen molar-refractivity contribution in [3.8, 4) is 0 Å². The zero-order valence-corrected chi connectivity index (χ0v) is 10.1. The van der Waals surface area contributed by atoms with Crippen molar-refractivity contribution in [1.29, 1.82) is 0 Å². The predicted octanol–water partition coefficient (Wildman–Crippen LogP) is 1.74. The van der Waals surface area contributed by atoms with Gasteiger partial charge in [-0.05, 0) is 12.8 Å². The molecule has 2 aromatic heterocycles. The Labute approximate surface area is 104 Å². The van der Waals surface area contributed by atoms with Crippen LogP contribution in [0.3, 0.4) is 0 Å². The molecule has 2 aromatic rings. The van der Waals surface area contributed by atoms with E-state index in [1.165, 1.54) is 0 Å². The molecule has 2 heterocycles. The van der Waals surface area contributed by atoms with E-state index in [0.717, 1.165) is 12.8 Å². The van der Waals surface area contributed by atoms with Crippen LogP contribution < -0.4 is 5.69 Å². The number of hydrogen-bond donors (Lipinski definition) is 1. The van der Waals surface area contributed by atoms with Crippen LogP contribution in [0.25, 0.3) is 11.3 Å². The summed E-state index contributed by atoms with van der Waals surface area (Å²) in [6.45, 7) is 2.07. The number of rotatable bonds is 2. The van der Waals surface area contributed by atoms with Crippen LogP contribution in [0.15, 0.2) is 41.5 Å². The van der Waals surface area contributed by atoms with Gasteiger partial charge in [0, 0.05) is 12.4 Å².